The first kappa shape index (κ1) is 26.7. The summed E-state index contributed by atoms with van der Waals surface area (Å²) >= 11 is 0. The van der Waals surface area contributed by atoms with E-state index in [0.29, 0.717) is 18.2 Å². The zero-order valence-corrected chi connectivity index (χ0v) is 22.6. The molecule has 4 aromatic rings. The van der Waals surface area contributed by atoms with Gasteiger partial charge in [-0.3, -0.25) is 19.5 Å². The van der Waals surface area contributed by atoms with Crippen molar-refractivity contribution in [1.82, 2.24) is 14.5 Å². The molecule has 0 saturated heterocycles. The molecule has 0 aliphatic rings. The highest BCUT2D eigenvalue weighted by Gasteiger charge is 2.22. The van der Waals surface area contributed by atoms with E-state index in [2.05, 4.69) is 25.2 Å². The lowest BCUT2D eigenvalue weighted by Gasteiger charge is -2.24. The monoisotopic (exact) mass is 510 g/mol. The zero-order valence-electron chi connectivity index (χ0n) is 22.6. The maximum Gasteiger partial charge on any atom is 0.246 e. The second-order valence-corrected chi connectivity index (χ2v) is 9.70. The Morgan fingerprint density at radius 3 is 2.32 bits per heavy atom. The Bertz CT molecular complexity index is 1410. The van der Waals surface area contributed by atoms with Crippen LogP contribution in [0.15, 0.2) is 79.0 Å². The molecule has 0 radical (unpaired) electrons. The average molecular weight is 511 g/mol. The normalized spacial score (nSPS) is 10.9. The summed E-state index contributed by atoms with van der Waals surface area (Å²) in [5.41, 5.74) is 5.77. The van der Waals surface area contributed by atoms with E-state index < -0.39 is 0 Å². The second kappa shape index (κ2) is 11.8. The predicted octanol–water partition coefficient (Wildman–Crippen LogP) is 5.79. The van der Waals surface area contributed by atoms with E-state index in [9.17, 15) is 9.59 Å². The lowest BCUT2D eigenvalue weighted by atomic mass is 10.1. The van der Waals surface area contributed by atoms with Crippen molar-refractivity contribution in [2.24, 2.45) is 5.92 Å². The van der Waals surface area contributed by atoms with Crippen LogP contribution in [-0.4, -0.2) is 39.9 Å². The molecule has 0 saturated carbocycles. The van der Waals surface area contributed by atoms with Crippen LogP contribution >= 0.6 is 0 Å². The third-order valence-corrected chi connectivity index (χ3v) is 6.47. The van der Waals surface area contributed by atoms with E-state index in [-0.39, 0.29) is 24.3 Å². The number of ether oxygens (including phenoxy) is 1. The summed E-state index contributed by atoms with van der Waals surface area (Å²) in [6.45, 7) is 8.07. The van der Waals surface area contributed by atoms with Crippen LogP contribution < -0.4 is 10.1 Å². The molecular weight excluding hydrogens is 476 g/mol. The highest BCUT2D eigenvalue weighted by Crippen LogP contribution is 2.27. The van der Waals surface area contributed by atoms with Gasteiger partial charge < -0.3 is 9.64 Å². The molecule has 0 aliphatic heterocycles. The van der Waals surface area contributed by atoms with E-state index in [4.69, 9.17) is 9.72 Å². The van der Waals surface area contributed by atoms with E-state index in [1.165, 1.54) is 5.56 Å². The van der Waals surface area contributed by atoms with E-state index in [0.717, 1.165) is 28.1 Å². The molecular formula is C31H34N4O3. The molecule has 0 unspecified atom stereocenters. The summed E-state index contributed by atoms with van der Waals surface area (Å²) in [5, 5.41) is 2.96. The van der Waals surface area contributed by atoms with Crippen LogP contribution in [0.3, 0.4) is 0 Å². The SMILES string of the molecule is COc1ccc(-c2cn(-c3ccc(C)c(C)c3)c(NC(=O)CN(Cc3ccccc3)C(=O)C(C)C)n2)cc1. The van der Waals surface area contributed by atoms with Crippen LogP contribution in [0.2, 0.25) is 0 Å². The molecule has 3 aromatic carbocycles. The van der Waals surface area contributed by atoms with Crippen LogP contribution in [0.1, 0.15) is 30.5 Å². The fraction of sp³-hybridized carbons (Fsp3) is 0.258. The molecule has 1 aromatic heterocycles. The topological polar surface area (TPSA) is 76.5 Å². The summed E-state index contributed by atoms with van der Waals surface area (Å²) in [7, 11) is 1.63. The Labute approximate surface area is 224 Å². The van der Waals surface area contributed by atoms with Crippen molar-refractivity contribution >= 4 is 17.8 Å². The Morgan fingerprint density at radius 1 is 0.974 bits per heavy atom. The average Bonchev–Trinajstić information content (AvgIpc) is 3.33. The lowest BCUT2D eigenvalue weighted by Crippen LogP contribution is -2.40. The molecule has 0 atom stereocenters. The van der Waals surface area contributed by atoms with Crippen molar-refractivity contribution < 1.29 is 14.3 Å². The highest BCUT2D eigenvalue weighted by molar-refractivity contribution is 5.94. The number of benzene rings is 3. The van der Waals surface area contributed by atoms with Crippen molar-refractivity contribution in [3.05, 3.63) is 95.7 Å². The van der Waals surface area contributed by atoms with E-state index in [1.807, 2.05) is 91.3 Å². The first-order valence-corrected chi connectivity index (χ1v) is 12.7. The number of imidazole rings is 1. The number of aromatic nitrogens is 2. The van der Waals surface area contributed by atoms with Crippen LogP contribution in [0.5, 0.6) is 5.75 Å². The number of rotatable bonds is 9. The fourth-order valence-corrected chi connectivity index (χ4v) is 4.16. The molecule has 0 fully saturated rings. The Balaban J connectivity index is 1.64. The molecule has 7 nitrogen and oxygen atoms in total. The van der Waals surface area contributed by atoms with Crippen LogP contribution in [0.25, 0.3) is 16.9 Å². The number of hydrogen-bond acceptors (Lipinski definition) is 4. The quantitative estimate of drug-likeness (QED) is 0.309. The van der Waals surface area contributed by atoms with Gasteiger partial charge in [0.1, 0.15) is 12.3 Å². The second-order valence-electron chi connectivity index (χ2n) is 9.70. The largest absolute Gasteiger partial charge is 0.497 e. The number of methoxy groups -OCH3 is 1. The fourth-order valence-electron chi connectivity index (χ4n) is 4.16. The third kappa shape index (κ3) is 6.29. The standard InChI is InChI=1S/C31H34N4O3/c1-21(2)30(37)34(18-24-9-7-6-8-10-24)20-29(36)33-31-32-28(25-12-15-27(38-5)16-13-25)19-35(31)26-14-11-22(3)23(4)17-26/h6-17,19,21H,18,20H2,1-5H3,(H,32,33,36). The van der Waals surface area contributed by atoms with Crippen molar-refractivity contribution in [3.63, 3.8) is 0 Å². The summed E-state index contributed by atoms with van der Waals surface area (Å²) in [4.78, 5) is 32.6. The van der Waals surface area contributed by atoms with Gasteiger partial charge in [0.05, 0.1) is 12.8 Å². The van der Waals surface area contributed by atoms with Gasteiger partial charge in [-0.1, -0.05) is 50.2 Å². The summed E-state index contributed by atoms with van der Waals surface area (Å²) in [6, 6.07) is 23.4. The molecule has 1 N–H and O–H groups in total. The van der Waals surface area contributed by atoms with Crippen molar-refractivity contribution in [2.75, 3.05) is 19.0 Å². The molecule has 2 amide bonds. The predicted molar refractivity (Wildman–Crippen MR) is 150 cm³/mol. The zero-order chi connectivity index (χ0) is 27.2. The Morgan fingerprint density at radius 2 is 1.68 bits per heavy atom. The summed E-state index contributed by atoms with van der Waals surface area (Å²) in [6.07, 6.45) is 1.91. The summed E-state index contributed by atoms with van der Waals surface area (Å²) < 4.78 is 7.15. The maximum absolute atomic E-state index is 13.3. The van der Waals surface area contributed by atoms with E-state index >= 15 is 0 Å². The van der Waals surface area contributed by atoms with Gasteiger partial charge in [0, 0.05) is 29.9 Å². The Kier molecular flexibility index (Phi) is 8.26. The molecule has 4 rings (SSSR count). The maximum atomic E-state index is 13.3. The summed E-state index contributed by atoms with van der Waals surface area (Å²) in [5.74, 6) is 0.517. The van der Waals surface area contributed by atoms with Crippen LogP contribution in [-0.2, 0) is 16.1 Å². The first-order valence-electron chi connectivity index (χ1n) is 12.7. The highest BCUT2D eigenvalue weighted by atomic mass is 16.5. The number of amides is 2. The smallest absolute Gasteiger partial charge is 0.246 e. The molecule has 1 heterocycles. The number of anilines is 1. The number of aryl methyl sites for hydroxylation is 2. The van der Waals surface area contributed by atoms with Gasteiger partial charge in [0.15, 0.2) is 0 Å². The van der Waals surface area contributed by atoms with Gasteiger partial charge in [0.25, 0.3) is 0 Å². The molecule has 38 heavy (non-hydrogen) atoms. The van der Waals surface area contributed by atoms with Gasteiger partial charge in [-0.2, -0.15) is 0 Å². The molecule has 0 bridgehead atoms. The molecule has 0 spiro atoms. The van der Waals surface area contributed by atoms with Crippen LogP contribution in [0.4, 0.5) is 5.95 Å². The number of carbonyl (C=O) groups is 2. The van der Waals surface area contributed by atoms with Gasteiger partial charge in [-0.15, -0.1) is 0 Å². The number of nitrogens with zero attached hydrogens (tertiary/aromatic N) is 3. The Hall–Kier alpha value is -4.39. The molecule has 0 aliphatic carbocycles. The van der Waals surface area contributed by atoms with Crippen LogP contribution in [0, 0.1) is 19.8 Å². The minimum absolute atomic E-state index is 0.0798. The van der Waals surface area contributed by atoms with Gasteiger partial charge >= 0.3 is 0 Å². The van der Waals surface area contributed by atoms with Gasteiger partial charge in [-0.25, -0.2) is 4.98 Å². The van der Waals surface area contributed by atoms with Gasteiger partial charge in [-0.05, 0) is 66.9 Å². The lowest BCUT2D eigenvalue weighted by molar-refractivity contribution is -0.138. The van der Waals surface area contributed by atoms with Crippen molar-refractivity contribution in [2.45, 2.75) is 34.2 Å². The molecule has 7 heteroatoms. The van der Waals surface area contributed by atoms with Gasteiger partial charge in [0.2, 0.25) is 17.8 Å². The van der Waals surface area contributed by atoms with Crippen molar-refractivity contribution in [1.29, 1.82) is 0 Å². The third-order valence-electron chi connectivity index (χ3n) is 6.47. The van der Waals surface area contributed by atoms with E-state index in [1.54, 1.807) is 12.0 Å². The van der Waals surface area contributed by atoms with Crippen molar-refractivity contribution in [3.8, 4) is 22.7 Å². The number of carbonyl (C=O) groups excluding carboxylic acids is 2. The number of hydrogen-bond donors (Lipinski definition) is 1. The first-order chi connectivity index (χ1) is 18.2. The minimum Gasteiger partial charge on any atom is -0.497 e. The number of nitrogens with one attached hydrogen (secondary N) is 1. The minimum atomic E-state index is -0.313. The molecule has 196 valence electrons.